The van der Waals surface area contributed by atoms with E-state index in [4.69, 9.17) is 4.65 Å². The van der Waals surface area contributed by atoms with E-state index in [2.05, 4.69) is 78.1 Å². The van der Waals surface area contributed by atoms with Gasteiger partial charge in [-0.2, -0.15) is 0 Å². The van der Waals surface area contributed by atoms with Gasteiger partial charge >= 0.3 is 7.48 Å². The van der Waals surface area contributed by atoms with Crippen LogP contribution in [-0.2, 0) is 4.65 Å². The highest BCUT2D eigenvalue weighted by Gasteiger charge is 2.35. The molecule has 2 N–H and O–H groups in total. The molecule has 3 nitrogen and oxygen atoms in total. The molecule has 32 heavy (non-hydrogen) atoms. The summed E-state index contributed by atoms with van der Waals surface area (Å²) in [6.45, 7) is 7.43. The zero-order valence-corrected chi connectivity index (χ0v) is 19.8. The van der Waals surface area contributed by atoms with Crippen molar-refractivity contribution in [2.75, 3.05) is 5.32 Å². The summed E-state index contributed by atoms with van der Waals surface area (Å²) in [4.78, 5) is 1.29. The molecule has 0 saturated heterocycles. The van der Waals surface area contributed by atoms with Crippen LogP contribution in [-0.4, -0.2) is 23.8 Å². The molecule has 0 saturated carbocycles. The van der Waals surface area contributed by atoms with Crippen LogP contribution in [0.2, 0.25) is 0 Å². The maximum Gasteiger partial charge on any atom is 0.309 e. The minimum absolute atomic E-state index is 0.226. The van der Waals surface area contributed by atoms with Gasteiger partial charge in [0.15, 0.2) is 0 Å². The molecule has 0 bridgehead atoms. The van der Waals surface area contributed by atoms with E-state index < -0.39 is 11.2 Å². The Morgan fingerprint density at radius 3 is 2.38 bits per heavy atom. The monoisotopic (exact) mass is 441 g/mol. The number of nitrogens with one attached hydrogen (secondary N) is 1. The lowest BCUT2D eigenvalue weighted by molar-refractivity contribution is -0.0893. The minimum atomic E-state index is -0.917. The molecule has 0 amide bonds. The van der Waals surface area contributed by atoms with E-state index in [1.165, 1.54) is 37.7 Å². The molecule has 1 aliphatic rings. The molecular formula is C27H28BNO2S. The number of hydrogen-bond acceptors (Lipinski definition) is 4. The topological polar surface area (TPSA) is 41.5 Å². The molecule has 0 spiro atoms. The zero-order valence-electron chi connectivity index (χ0n) is 19.0. The number of thioether (sulfide) groups is 1. The van der Waals surface area contributed by atoms with E-state index in [0.717, 1.165) is 5.46 Å². The summed E-state index contributed by atoms with van der Waals surface area (Å²) < 4.78 is 6.09. The Labute approximate surface area is 194 Å². The summed E-state index contributed by atoms with van der Waals surface area (Å²) in [7, 11) is 0.460. The van der Waals surface area contributed by atoms with E-state index in [9.17, 15) is 5.11 Å². The number of rotatable bonds is 5. The third kappa shape index (κ3) is 3.79. The Hall–Kier alpha value is -2.47. The zero-order chi connectivity index (χ0) is 22.5. The van der Waals surface area contributed by atoms with Crippen molar-refractivity contribution >= 4 is 51.9 Å². The predicted octanol–water partition coefficient (Wildman–Crippen LogP) is 5.75. The number of fused-ring (bicyclic) bond motifs is 5. The lowest BCUT2D eigenvalue weighted by atomic mass is 9.81. The Balaban J connectivity index is 1.50. The van der Waals surface area contributed by atoms with Gasteiger partial charge in [-0.25, -0.2) is 0 Å². The Morgan fingerprint density at radius 2 is 1.62 bits per heavy atom. The summed E-state index contributed by atoms with van der Waals surface area (Å²) in [5, 5.41) is 19.3. The number of aliphatic hydroxyl groups is 1. The lowest BCUT2D eigenvalue weighted by Crippen LogP contribution is -2.49. The Kier molecular flexibility index (Phi) is 5.24. The van der Waals surface area contributed by atoms with Gasteiger partial charge in [0.1, 0.15) is 5.37 Å². The van der Waals surface area contributed by atoms with Gasteiger partial charge in [-0.1, -0.05) is 84.0 Å². The van der Waals surface area contributed by atoms with Crippen molar-refractivity contribution in [2.24, 2.45) is 0 Å². The quantitative estimate of drug-likeness (QED) is 0.306. The molecule has 1 unspecified atom stereocenters. The fourth-order valence-corrected chi connectivity index (χ4v) is 5.17. The maximum atomic E-state index is 10.4. The summed E-state index contributed by atoms with van der Waals surface area (Å²) in [5.41, 5.74) is 2.06. The van der Waals surface area contributed by atoms with E-state index in [1.807, 2.05) is 25.6 Å². The predicted molar refractivity (Wildman–Crippen MR) is 138 cm³/mol. The van der Waals surface area contributed by atoms with Crippen LogP contribution in [0.4, 0.5) is 5.69 Å². The van der Waals surface area contributed by atoms with Crippen molar-refractivity contribution in [3.63, 3.8) is 0 Å². The molecule has 5 rings (SSSR count). The van der Waals surface area contributed by atoms with E-state index >= 15 is 0 Å². The van der Waals surface area contributed by atoms with Crippen LogP contribution in [0, 0.1) is 0 Å². The smallest absolute Gasteiger partial charge is 0.309 e. The van der Waals surface area contributed by atoms with Gasteiger partial charge in [0.25, 0.3) is 0 Å². The molecule has 1 atom stereocenters. The van der Waals surface area contributed by atoms with Crippen molar-refractivity contribution in [3.8, 4) is 0 Å². The largest absolute Gasteiger partial charge is 0.427 e. The van der Waals surface area contributed by atoms with Gasteiger partial charge in [0.05, 0.1) is 16.9 Å². The molecule has 0 aliphatic carbocycles. The first-order valence-corrected chi connectivity index (χ1v) is 11.9. The number of anilines is 1. The van der Waals surface area contributed by atoms with Crippen molar-refractivity contribution in [2.45, 2.75) is 49.2 Å². The van der Waals surface area contributed by atoms with Crippen molar-refractivity contribution in [1.29, 1.82) is 0 Å². The average molecular weight is 441 g/mol. The van der Waals surface area contributed by atoms with Gasteiger partial charge in [-0.05, 0) is 55.5 Å². The standard InChI is InChI=1S/C27H28BNO2S/c1-26(2,30)27(3,4)31-28-20-13-14-21-19(16-20)11-10-17-12-15-22-24(23(17)21)29-25(32-22)18-8-6-5-7-9-18/h5-16,25,28-30H,1-4H3. The van der Waals surface area contributed by atoms with E-state index in [0.29, 0.717) is 7.48 Å². The van der Waals surface area contributed by atoms with Gasteiger partial charge in [-0.15, -0.1) is 0 Å². The summed E-state index contributed by atoms with van der Waals surface area (Å²) in [6, 6.07) is 26.0. The highest BCUT2D eigenvalue weighted by molar-refractivity contribution is 8.00. The normalized spacial score (nSPS) is 16.2. The molecule has 4 aromatic carbocycles. The number of hydrogen-bond donors (Lipinski definition) is 2. The van der Waals surface area contributed by atoms with E-state index in [1.54, 1.807) is 13.8 Å². The molecule has 0 radical (unpaired) electrons. The number of benzene rings is 4. The van der Waals surface area contributed by atoms with Crippen LogP contribution in [0.5, 0.6) is 0 Å². The van der Waals surface area contributed by atoms with Crippen molar-refractivity contribution < 1.29 is 9.76 Å². The van der Waals surface area contributed by atoms with Gasteiger partial charge in [0.2, 0.25) is 0 Å². The summed E-state index contributed by atoms with van der Waals surface area (Å²) in [5.74, 6) is 0. The first-order chi connectivity index (χ1) is 15.2. The third-order valence-corrected chi connectivity index (χ3v) is 7.94. The maximum absolute atomic E-state index is 10.4. The van der Waals surface area contributed by atoms with Crippen molar-refractivity contribution in [3.05, 3.63) is 78.4 Å². The first-order valence-electron chi connectivity index (χ1n) is 11.1. The second-order valence-electron chi connectivity index (χ2n) is 9.57. The molecular weight excluding hydrogens is 413 g/mol. The molecule has 1 heterocycles. The fraction of sp³-hybridized carbons (Fsp3) is 0.259. The highest BCUT2D eigenvalue weighted by Crippen LogP contribution is 2.50. The molecule has 162 valence electrons. The van der Waals surface area contributed by atoms with Crippen LogP contribution in [0.1, 0.15) is 38.6 Å². The Bertz CT molecular complexity index is 1300. The van der Waals surface area contributed by atoms with Gasteiger partial charge < -0.3 is 15.1 Å². The van der Waals surface area contributed by atoms with E-state index in [-0.39, 0.29) is 5.37 Å². The molecule has 5 heteroatoms. The lowest BCUT2D eigenvalue weighted by Gasteiger charge is -2.37. The second kappa shape index (κ2) is 7.84. The summed E-state index contributed by atoms with van der Waals surface area (Å²) in [6.07, 6.45) is 0. The van der Waals surface area contributed by atoms with Gasteiger partial charge in [0, 0.05) is 10.3 Å². The average Bonchev–Trinajstić information content (AvgIpc) is 3.22. The SMILES string of the molecule is CC(C)(O)C(C)(C)OBc1ccc2c(ccc3ccc4c(c32)NC(c2ccccc2)S4)c1. The molecule has 0 fully saturated rings. The molecule has 4 aromatic rings. The minimum Gasteiger partial charge on any atom is -0.427 e. The molecule has 1 aliphatic heterocycles. The van der Waals surface area contributed by atoms with Crippen LogP contribution in [0.25, 0.3) is 21.5 Å². The van der Waals surface area contributed by atoms with Crippen LogP contribution < -0.4 is 10.8 Å². The van der Waals surface area contributed by atoms with Crippen LogP contribution >= 0.6 is 11.8 Å². The van der Waals surface area contributed by atoms with Crippen LogP contribution in [0.15, 0.2) is 77.7 Å². The van der Waals surface area contributed by atoms with Crippen molar-refractivity contribution in [1.82, 2.24) is 0 Å². The second-order valence-corrected chi connectivity index (χ2v) is 10.7. The highest BCUT2D eigenvalue weighted by atomic mass is 32.2. The first kappa shape index (κ1) is 21.4. The third-order valence-electron chi connectivity index (χ3n) is 6.72. The Morgan fingerprint density at radius 1 is 0.906 bits per heavy atom. The summed E-state index contributed by atoms with van der Waals surface area (Å²) >= 11 is 1.87. The van der Waals surface area contributed by atoms with Crippen LogP contribution in [0.3, 0.4) is 0 Å². The fourth-order valence-electron chi connectivity index (χ4n) is 4.02. The van der Waals surface area contributed by atoms with Gasteiger partial charge in [-0.3, -0.25) is 0 Å². The molecule has 0 aromatic heterocycles.